The van der Waals surface area contributed by atoms with Crippen LogP contribution in [0, 0.1) is 0 Å². The molecule has 0 aromatic carbocycles. The van der Waals surface area contributed by atoms with E-state index in [1.54, 1.807) is 0 Å². The summed E-state index contributed by atoms with van der Waals surface area (Å²) in [5, 5.41) is 0. The lowest BCUT2D eigenvalue weighted by Crippen LogP contribution is -2.12. The number of aromatic nitrogens is 1. The van der Waals surface area contributed by atoms with Gasteiger partial charge in [-0.15, -0.1) is 0 Å². The third kappa shape index (κ3) is 1.53. The summed E-state index contributed by atoms with van der Waals surface area (Å²) in [6, 6.07) is 1.13. The van der Waals surface area contributed by atoms with Crippen LogP contribution >= 0.6 is 15.9 Å². The molecule has 1 heterocycles. The summed E-state index contributed by atoms with van der Waals surface area (Å²) < 4.78 is 4.38. The van der Waals surface area contributed by atoms with Crippen LogP contribution in [0.5, 0.6) is 0 Å². The molecule has 0 amide bonds. The lowest BCUT2D eigenvalue weighted by molar-refractivity contribution is 0.447. The Hall–Kier alpha value is -0.840. The second-order valence-corrected chi connectivity index (χ2v) is 2.18. The van der Waals surface area contributed by atoms with E-state index in [2.05, 4.69) is 25.3 Å². The van der Waals surface area contributed by atoms with Crippen LogP contribution in [-0.4, -0.2) is 4.98 Å². The van der Waals surface area contributed by atoms with Crippen LogP contribution < -0.4 is 11.4 Å². The minimum atomic E-state index is -0.755. The predicted octanol–water partition coefficient (Wildman–Crippen LogP) is 0.0906. The van der Waals surface area contributed by atoms with Gasteiger partial charge in [-0.2, -0.15) is 0 Å². The standard InChI is InChI=1S/C4H2BrNO3/c5-2-1-3(7)9-4(8)6-2/h1H,(H,6,8). The van der Waals surface area contributed by atoms with Gasteiger partial charge in [-0.1, -0.05) is 0 Å². The molecule has 1 N–H and O–H groups in total. The molecule has 4 nitrogen and oxygen atoms in total. The second kappa shape index (κ2) is 2.18. The predicted molar refractivity (Wildman–Crippen MR) is 33.3 cm³/mol. The van der Waals surface area contributed by atoms with Crippen molar-refractivity contribution in [1.29, 1.82) is 0 Å². The smallest absolute Gasteiger partial charge is 0.373 e. The summed E-state index contributed by atoms with van der Waals surface area (Å²) in [6.45, 7) is 0. The number of H-pyrrole nitrogens is 1. The van der Waals surface area contributed by atoms with E-state index in [0.29, 0.717) is 4.60 Å². The maximum atomic E-state index is 10.3. The average Bonchev–Trinajstić information content (AvgIpc) is 1.59. The molecule has 0 radical (unpaired) electrons. The number of halogens is 1. The number of aromatic amines is 1. The van der Waals surface area contributed by atoms with E-state index in [-0.39, 0.29) is 0 Å². The van der Waals surface area contributed by atoms with E-state index in [9.17, 15) is 9.59 Å². The Labute approximate surface area is 57.6 Å². The van der Waals surface area contributed by atoms with Crippen LogP contribution in [0.2, 0.25) is 0 Å². The Morgan fingerprint density at radius 3 is 2.67 bits per heavy atom. The molecule has 0 saturated heterocycles. The Morgan fingerprint density at radius 1 is 1.56 bits per heavy atom. The zero-order valence-corrected chi connectivity index (χ0v) is 5.77. The zero-order chi connectivity index (χ0) is 6.85. The van der Waals surface area contributed by atoms with Gasteiger partial charge in [-0.05, 0) is 15.9 Å². The average molecular weight is 192 g/mol. The Morgan fingerprint density at radius 2 is 2.22 bits per heavy atom. The van der Waals surface area contributed by atoms with Gasteiger partial charge in [-0.25, -0.2) is 9.59 Å². The Bertz CT molecular complexity index is 284. The van der Waals surface area contributed by atoms with Gasteiger partial charge in [0.25, 0.3) is 0 Å². The number of hydrogen-bond acceptors (Lipinski definition) is 3. The van der Waals surface area contributed by atoms with Gasteiger partial charge >= 0.3 is 11.4 Å². The minimum Gasteiger partial charge on any atom is -0.373 e. The number of hydrogen-bond donors (Lipinski definition) is 1. The van der Waals surface area contributed by atoms with Gasteiger partial charge in [0.2, 0.25) is 0 Å². The van der Waals surface area contributed by atoms with Crippen molar-refractivity contribution in [2.75, 3.05) is 0 Å². The SMILES string of the molecule is O=c1cc(Br)[nH]c(=O)o1. The highest BCUT2D eigenvalue weighted by Crippen LogP contribution is 1.94. The normalized spacial score (nSPS) is 9.44. The molecule has 0 atom stereocenters. The summed E-state index contributed by atoms with van der Waals surface area (Å²) in [4.78, 5) is 22.8. The van der Waals surface area contributed by atoms with Crippen LogP contribution in [0.4, 0.5) is 0 Å². The van der Waals surface area contributed by atoms with E-state index in [0.717, 1.165) is 6.07 Å². The van der Waals surface area contributed by atoms with Crippen LogP contribution in [0.25, 0.3) is 0 Å². The molecule has 0 aliphatic rings. The molecule has 0 fully saturated rings. The van der Waals surface area contributed by atoms with Gasteiger partial charge < -0.3 is 4.42 Å². The lowest BCUT2D eigenvalue weighted by atomic mass is 10.7. The molecule has 0 unspecified atom stereocenters. The lowest BCUT2D eigenvalue weighted by Gasteiger charge is -1.81. The summed E-state index contributed by atoms with van der Waals surface area (Å²) in [5.41, 5.74) is -0.661. The highest BCUT2D eigenvalue weighted by Gasteiger charge is 1.90. The van der Waals surface area contributed by atoms with Gasteiger partial charge in [0.15, 0.2) is 0 Å². The fourth-order valence-electron chi connectivity index (χ4n) is 0.383. The third-order valence-electron chi connectivity index (χ3n) is 0.659. The first-order valence-corrected chi connectivity index (χ1v) is 2.88. The monoisotopic (exact) mass is 191 g/mol. The highest BCUT2D eigenvalue weighted by atomic mass is 79.9. The van der Waals surface area contributed by atoms with E-state index in [1.807, 2.05) is 0 Å². The van der Waals surface area contributed by atoms with Crippen LogP contribution in [-0.2, 0) is 0 Å². The van der Waals surface area contributed by atoms with Crippen molar-refractivity contribution in [3.63, 3.8) is 0 Å². The molecule has 0 bridgehead atoms. The Kier molecular flexibility index (Phi) is 1.52. The van der Waals surface area contributed by atoms with Gasteiger partial charge in [0.05, 0.1) is 10.7 Å². The third-order valence-corrected chi connectivity index (χ3v) is 1.09. The first kappa shape index (κ1) is 6.28. The molecule has 0 aliphatic carbocycles. The molecule has 0 spiro atoms. The van der Waals surface area contributed by atoms with Gasteiger partial charge in [0.1, 0.15) is 0 Å². The van der Waals surface area contributed by atoms with Crippen LogP contribution in [0.15, 0.2) is 24.7 Å². The quantitative estimate of drug-likeness (QED) is 0.633. The molecule has 48 valence electrons. The van der Waals surface area contributed by atoms with E-state index in [4.69, 9.17) is 0 Å². The van der Waals surface area contributed by atoms with Crippen molar-refractivity contribution < 1.29 is 4.42 Å². The summed E-state index contributed by atoms with van der Waals surface area (Å²) in [5.74, 6) is -0.755. The molecular formula is C4H2BrNO3. The van der Waals surface area contributed by atoms with Crippen LogP contribution in [0.3, 0.4) is 0 Å². The van der Waals surface area contributed by atoms with E-state index >= 15 is 0 Å². The van der Waals surface area contributed by atoms with Crippen molar-refractivity contribution in [1.82, 2.24) is 4.98 Å². The van der Waals surface area contributed by atoms with E-state index in [1.165, 1.54) is 0 Å². The Balaban J connectivity index is 3.52. The number of rotatable bonds is 0. The molecule has 0 saturated carbocycles. The first-order chi connectivity index (χ1) is 4.18. The molecule has 1 aromatic heterocycles. The van der Waals surface area contributed by atoms with E-state index < -0.39 is 11.4 Å². The minimum absolute atomic E-state index is 0.323. The second-order valence-electron chi connectivity index (χ2n) is 1.33. The highest BCUT2D eigenvalue weighted by molar-refractivity contribution is 9.10. The molecule has 9 heavy (non-hydrogen) atoms. The fraction of sp³-hybridized carbons (Fsp3) is 0. The van der Waals surface area contributed by atoms with Crippen molar-refractivity contribution in [2.24, 2.45) is 0 Å². The molecule has 5 heteroatoms. The van der Waals surface area contributed by atoms with Crippen molar-refractivity contribution in [3.8, 4) is 0 Å². The molecule has 1 aromatic rings. The molecule has 0 aliphatic heterocycles. The molecule has 1 rings (SSSR count). The zero-order valence-electron chi connectivity index (χ0n) is 4.18. The molecular weight excluding hydrogens is 190 g/mol. The van der Waals surface area contributed by atoms with Gasteiger partial charge in [0, 0.05) is 0 Å². The van der Waals surface area contributed by atoms with Crippen LogP contribution in [0.1, 0.15) is 0 Å². The fourth-order valence-corrected chi connectivity index (χ4v) is 0.732. The van der Waals surface area contributed by atoms with Crippen molar-refractivity contribution in [3.05, 3.63) is 31.6 Å². The van der Waals surface area contributed by atoms with Crippen molar-refractivity contribution in [2.45, 2.75) is 0 Å². The summed E-state index contributed by atoms with van der Waals surface area (Å²) in [7, 11) is 0. The first-order valence-electron chi connectivity index (χ1n) is 2.08. The summed E-state index contributed by atoms with van der Waals surface area (Å²) in [6.07, 6.45) is 0. The topological polar surface area (TPSA) is 63.1 Å². The number of nitrogens with one attached hydrogen (secondary N) is 1. The van der Waals surface area contributed by atoms with Gasteiger partial charge in [-0.3, -0.25) is 4.98 Å². The maximum Gasteiger partial charge on any atom is 0.420 e. The maximum absolute atomic E-state index is 10.3. The largest absolute Gasteiger partial charge is 0.420 e. The summed E-state index contributed by atoms with van der Waals surface area (Å²) >= 11 is 2.90. The van der Waals surface area contributed by atoms with Crippen molar-refractivity contribution >= 4 is 15.9 Å².